The monoisotopic (exact) mass is 499 g/mol. The first-order chi connectivity index (χ1) is 14.8. The summed E-state index contributed by atoms with van der Waals surface area (Å²) in [5.74, 6) is -0.410. The quantitative estimate of drug-likeness (QED) is 0.357. The molecule has 0 aromatic heterocycles. The number of nitrogens with zero attached hydrogens (tertiary/aromatic N) is 1. The number of hydrogen-bond donors (Lipinski definition) is 2. The van der Waals surface area contributed by atoms with Crippen LogP contribution in [0.5, 0.6) is 0 Å². The highest BCUT2D eigenvalue weighted by atomic mass is 79.9. The number of carbonyl (C=O) groups is 1. The Labute approximate surface area is 190 Å². The number of aryl methyl sites for hydroxylation is 1. The van der Waals surface area contributed by atoms with E-state index in [0.717, 1.165) is 15.6 Å². The number of sulfonamides is 1. The highest BCUT2D eigenvalue weighted by Crippen LogP contribution is 2.21. The Bertz CT molecular complexity index is 1160. The fourth-order valence-electron chi connectivity index (χ4n) is 2.88. The van der Waals surface area contributed by atoms with E-state index in [1.54, 1.807) is 48.5 Å². The van der Waals surface area contributed by atoms with Crippen LogP contribution in [0.15, 0.2) is 93.3 Å². The van der Waals surface area contributed by atoms with Crippen LogP contribution in [0.2, 0.25) is 0 Å². The van der Waals surface area contributed by atoms with E-state index in [1.165, 1.54) is 6.21 Å². The molecule has 0 aliphatic heterocycles. The number of hydrazone groups is 1. The molecule has 0 spiro atoms. The molecule has 8 heteroatoms. The van der Waals surface area contributed by atoms with E-state index in [0.29, 0.717) is 5.56 Å². The summed E-state index contributed by atoms with van der Waals surface area (Å²) in [5, 5.41) is 3.97. The lowest BCUT2D eigenvalue weighted by Crippen LogP contribution is -2.32. The molecule has 1 amide bonds. The van der Waals surface area contributed by atoms with Gasteiger partial charge in [0, 0.05) is 10.9 Å². The van der Waals surface area contributed by atoms with Crippen LogP contribution < -0.4 is 10.1 Å². The van der Waals surface area contributed by atoms with Gasteiger partial charge in [0.15, 0.2) is 0 Å². The zero-order valence-electron chi connectivity index (χ0n) is 16.8. The van der Waals surface area contributed by atoms with Gasteiger partial charge in [-0.2, -0.15) is 5.10 Å². The Morgan fingerprint density at radius 3 is 2.42 bits per heavy atom. The van der Waals surface area contributed by atoms with Gasteiger partial charge in [0.25, 0.3) is 0 Å². The fourth-order valence-corrected chi connectivity index (χ4v) is 4.52. The summed E-state index contributed by atoms with van der Waals surface area (Å²) < 4.78 is 29.3. The van der Waals surface area contributed by atoms with Crippen molar-refractivity contribution in [2.24, 2.45) is 5.10 Å². The van der Waals surface area contributed by atoms with E-state index < -0.39 is 22.0 Å². The topological polar surface area (TPSA) is 87.6 Å². The van der Waals surface area contributed by atoms with Gasteiger partial charge in [0.05, 0.1) is 17.2 Å². The molecule has 1 atom stereocenters. The summed E-state index contributed by atoms with van der Waals surface area (Å²) in [6.45, 7) is 1.88. The molecule has 0 fully saturated rings. The average Bonchev–Trinajstić information content (AvgIpc) is 2.74. The third-order valence-corrected chi connectivity index (χ3v) is 6.45. The Morgan fingerprint density at radius 2 is 1.74 bits per heavy atom. The smallest absolute Gasteiger partial charge is 0.242 e. The van der Waals surface area contributed by atoms with Crippen LogP contribution in [0.3, 0.4) is 0 Å². The molecule has 3 aromatic rings. The van der Waals surface area contributed by atoms with E-state index in [2.05, 4.69) is 31.2 Å². The molecule has 3 rings (SSSR count). The van der Waals surface area contributed by atoms with Crippen molar-refractivity contribution in [3.8, 4) is 0 Å². The maximum atomic E-state index is 12.9. The van der Waals surface area contributed by atoms with Crippen molar-refractivity contribution in [3.05, 3.63) is 100 Å². The van der Waals surface area contributed by atoms with E-state index in [-0.39, 0.29) is 11.3 Å². The van der Waals surface area contributed by atoms with Crippen molar-refractivity contribution < 1.29 is 13.2 Å². The molecule has 3 aromatic carbocycles. The summed E-state index contributed by atoms with van der Waals surface area (Å²) >= 11 is 3.38. The third kappa shape index (κ3) is 6.85. The molecule has 0 radical (unpaired) electrons. The maximum absolute atomic E-state index is 12.9. The molecular weight excluding hydrogens is 478 g/mol. The molecule has 0 unspecified atom stereocenters. The van der Waals surface area contributed by atoms with E-state index in [4.69, 9.17) is 0 Å². The number of benzene rings is 3. The summed E-state index contributed by atoms with van der Waals surface area (Å²) in [6, 6.07) is 22.2. The molecule has 0 heterocycles. The van der Waals surface area contributed by atoms with Crippen LogP contribution in [0.1, 0.15) is 29.2 Å². The van der Waals surface area contributed by atoms with E-state index in [9.17, 15) is 13.2 Å². The molecule has 0 bridgehead atoms. The van der Waals surface area contributed by atoms with Crippen molar-refractivity contribution in [1.29, 1.82) is 0 Å². The first kappa shape index (κ1) is 22.9. The largest absolute Gasteiger partial charge is 0.273 e. The first-order valence-electron chi connectivity index (χ1n) is 9.55. The van der Waals surface area contributed by atoms with Crippen molar-refractivity contribution in [2.75, 3.05) is 0 Å². The molecule has 2 N–H and O–H groups in total. The van der Waals surface area contributed by atoms with Gasteiger partial charge in [-0.25, -0.2) is 18.6 Å². The van der Waals surface area contributed by atoms with Crippen molar-refractivity contribution in [2.45, 2.75) is 24.3 Å². The van der Waals surface area contributed by atoms with E-state index >= 15 is 0 Å². The number of carbonyl (C=O) groups excluding carboxylic acids is 1. The second-order valence-electron chi connectivity index (χ2n) is 6.95. The fraction of sp³-hybridized carbons (Fsp3) is 0.130. The second kappa shape index (κ2) is 10.5. The van der Waals surface area contributed by atoms with Crippen LogP contribution in [-0.2, 0) is 14.8 Å². The maximum Gasteiger partial charge on any atom is 0.242 e. The lowest BCUT2D eigenvalue weighted by atomic mass is 10.0. The lowest BCUT2D eigenvalue weighted by Gasteiger charge is -2.18. The normalized spacial score (nSPS) is 12.6. The molecule has 0 aliphatic carbocycles. The van der Waals surface area contributed by atoms with Crippen LogP contribution >= 0.6 is 15.9 Å². The summed E-state index contributed by atoms with van der Waals surface area (Å²) in [5.41, 5.74) is 4.92. The van der Waals surface area contributed by atoms with Crippen LogP contribution in [0.4, 0.5) is 0 Å². The van der Waals surface area contributed by atoms with Gasteiger partial charge >= 0.3 is 0 Å². The molecule has 31 heavy (non-hydrogen) atoms. The van der Waals surface area contributed by atoms with Crippen LogP contribution in [0.25, 0.3) is 0 Å². The third-order valence-electron chi connectivity index (χ3n) is 4.47. The number of halogens is 1. The average molecular weight is 500 g/mol. The molecule has 0 saturated carbocycles. The van der Waals surface area contributed by atoms with Crippen molar-refractivity contribution in [1.82, 2.24) is 10.1 Å². The van der Waals surface area contributed by atoms with Gasteiger partial charge in [-0.15, -0.1) is 0 Å². The Morgan fingerprint density at radius 1 is 1.03 bits per heavy atom. The molecule has 0 aliphatic rings. The molecule has 6 nitrogen and oxygen atoms in total. The SMILES string of the molecule is Cc1ccc(S(=O)(=O)N[C@H](CC(=O)N/N=C\c2cccc(Br)c2)c2ccccc2)cc1. The highest BCUT2D eigenvalue weighted by molar-refractivity contribution is 9.10. The van der Waals surface area contributed by atoms with Gasteiger partial charge in [-0.3, -0.25) is 4.79 Å². The zero-order chi connectivity index (χ0) is 22.3. The summed E-state index contributed by atoms with van der Waals surface area (Å²) in [6.07, 6.45) is 1.42. The summed E-state index contributed by atoms with van der Waals surface area (Å²) in [7, 11) is -3.81. The number of nitrogens with one attached hydrogen (secondary N) is 2. The van der Waals surface area contributed by atoms with Gasteiger partial charge < -0.3 is 0 Å². The number of amides is 1. The molecular formula is C23H22BrN3O3S. The standard InChI is InChI=1S/C23H22BrN3O3S/c1-17-10-12-21(13-11-17)31(29,30)27-22(19-7-3-2-4-8-19)15-23(28)26-25-16-18-6-5-9-20(24)14-18/h2-14,16,22,27H,15H2,1H3,(H,26,28)/b25-16-/t22-/m1/s1. The second-order valence-corrected chi connectivity index (χ2v) is 9.58. The lowest BCUT2D eigenvalue weighted by molar-refractivity contribution is -0.121. The number of hydrogen-bond acceptors (Lipinski definition) is 4. The highest BCUT2D eigenvalue weighted by Gasteiger charge is 2.23. The molecule has 0 saturated heterocycles. The van der Waals surface area contributed by atoms with Gasteiger partial charge in [0.2, 0.25) is 15.9 Å². The van der Waals surface area contributed by atoms with E-state index in [1.807, 2.05) is 37.3 Å². The van der Waals surface area contributed by atoms with Gasteiger partial charge in [-0.1, -0.05) is 76.1 Å². The van der Waals surface area contributed by atoms with Crippen molar-refractivity contribution in [3.63, 3.8) is 0 Å². The van der Waals surface area contributed by atoms with Crippen molar-refractivity contribution >= 4 is 38.1 Å². The minimum absolute atomic E-state index is 0.106. The predicted octanol–water partition coefficient (Wildman–Crippen LogP) is 4.32. The van der Waals surface area contributed by atoms with Gasteiger partial charge in [0.1, 0.15) is 0 Å². The zero-order valence-corrected chi connectivity index (χ0v) is 19.2. The number of rotatable bonds is 8. The molecule has 160 valence electrons. The minimum atomic E-state index is -3.81. The predicted molar refractivity (Wildman–Crippen MR) is 125 cm³/mol. The Hall–Kier alpha value is -2.81. The Balaban J connectivity index is 1.73. The Kier molecular flexibility index (Phi) is 7.73. The first-order valence-corrected chi connectivity index (χ1v) is 11.8. The van der Waals surface area contributed by atoms with Crippen LogP contribution in [0, 0.1) is 6.92 Å². The summed E-state index contributed by atoms with van der Waals surface area (Å²) in [4.78, 5) is 12.6. The van der Waals surface area contributed by atoms with Gasteiger partial charge in [-0.05, 0) is 42.3 Å². The van der Waals surface area contributed by atoms with Crippen LogP contribution in [-0.4, -0.2) is 20.5 Å². The minimum Gasteiger partial charge on any atom is -0.273 e.